The first kappa shape index (κ1) is 19.7. The van der Waals surface area contributed by atoms with Gasteiger partial charge in [-0.3, -0.25) is 9.69 Å². The number of ether oxygens (including phenoxy) is 2. The van der Waals surface area contributed by atoms with Gasteiger partial charge in [-0.05, 0) is 13.0 Å². The summed E-state index contributed by atoms with van der Waals surface area (Å²) in [5.74, 6) is -0.769. The number of carbonyl (C=O) groups excluding carboxylic acids is 1. The Morgan fingerprint density at radius 1 is 1.48 bits per heavy atom. The standard InChI is InChI=1S/C15H19ClF3N3O3/c1-10(8-22-2-4-24-5-3-22)21-13(23)11-6-12(16)14(20-7-11)25-9-15(17,18)19/h6-7,10H,2-5,8-9H2,1H3,(H,21,23). The minimum absolute atomic E-state index is 0.120. The van der Waals surface area contributed by atoms with Crippen molar-refractivity contribution in [2.45, 2.75) is 19.1 Å². The number of aromatic nitrogens is 1. The van der Waals surface area contributed by atoms with Gasteiger partial charge in [0, 0.05) is 31.9 Å². The van der Waals surface area contributed by atoms with Crippen molar-refractivity contribution in [3.63, 3.8) is 0 Å². The van der Waals surface area contributed by atoms with Crippen LogP contribution in [0.5, 0.6) is 5.88 Å². The first-order chi connectivity index (χ1) is 11.7. The lowest BCUT2D eigenvalue weighted by Gasteiger charge is -2.29. The van der Waals surface area contributed by atoms with Gasteiger partial charge in [-0.25, -0.2) is 4.98 Å². The van der Waals surface area contributed by atoms with Crippen LogP contribution >= 0.6 is 11.6 Å². The Kier molecular flexibility index (Phi) is 6.86. The first-order valence-electron chi connectivity index (χ1n) is 7.70. The highest BCUT2D eigenvalue weighted by atomic mass is 35.5. The molecule has 1 unspecified atom stereocenters. The molecule has 1 aromatic heterocycles. The first-order valence-corrected chi connectivity index (χ1v) is 8.08. The van der Waals surface area contributed by atoms with E-state index in [0.717, 1.165) is 19.3 Å². The molecule has 1 aliphatic rings. The van der Waals surface area contributed by atoms with Crippen molar-refractivity contribution < 1.29 is 27.4 Å². The number of hydrogen-bond acceptors (Lipinski definition) is 5. The van der Waals surface area contributed by atoms with Crippen LogP contribution in [-0.2, 0) is 4.74 Å². The van der Waals surface area contributed by atoms with Crippen molar-refractivity contribution in [1.82, 2.24) is 15.2 Å². The maximum atomic E-state index is 12.2. The van der Waals surface area contributed by atoms with E-state index < -0.39 is 18.7 Å². The molecular formula is C15H19ClF3N3O3. The average Bonchev–Trinajstić information content (AvgIpc) is 2.53. The second-order valence-corrected chi connectivity index (χ2v) is 6.11. The number of alkyl halides is 3. The fraction of sp³-hybridized carbons (Fsp3) is 0.600. The summed E-state index contributed by atoms with van der Waals surface area (Å²) in [6.07, 6.45) is -3.36. The summed E-state index contributed by atoms with van der Waals surface area (Å²) >= 11 is 5.84. The molecule has 0 aromatic carbocycles. The zero-order valence-corrected chi connectivity index (χ0v) is 14.4. The van der Waals surface area contributed by atoms with Gasteiger partial charge in [-0.1, -0.05) is 11.6 Å². The lowest BCUT2D eigenvalue weighted by Crippen LogP contribution is -2.46. The van der Waals surface area contributed by atoms with Crippen molar-refractivity contribution >= 4 is 17.5 Å². The van der Waals surface area contributed by atoms with E-state index in [4.69, 9.17) is 16.3 Å². The highest BCUT2D eigenvalue weighted by molar-refractivity contribution is 6.32. The number of rotatable bonds is 6. The van der Waals surface area contributed by atoms with E-state index in [1.165, 1.54) is 6.07 Å². The largest absolute Gasteiger partial charge is 0.467 e. The van der Waals surface area contributed by atoms with E-state index in [1.54, 1.807) is 0 Å². The third-order valence-electron chi connectivity index (χ3n) is 3.46. The lowest BCUT2D eigenvalue weighted by atomic mass is 10.2. The molecule has 10 heteroatoms. The Hall–Kier alpha value is -1.58. The van der Waals surface area contributed by atoms with Crippen LogP contribution in [0.25, 0.3) is 0 Å². The molecule has 2 rings (SSSR count). The number of carbonyl (C=O) groups is 1. The molecule has 1 atom stereocenters. The van der Waals surface area contributed by atoms with Crippen molar-refractivity contribution in [1.29, 1.82) is 0 Å². The van der Waals surface area contributed by atoms with Crippen molar-refractivity contribution in [3.05, 3.63) is 22.8 Å². The minimum Gasteiger partial charge on any atom is -0.467 e. The van der Waals surface area contributed by atoms with Crippen LogP contribution in [0.4, 0.5) is 13.2 Å². The molecule has 1 amide bonds. The molecule has 0 bridgehead atoms. The summed E-state index contributed by atoms with van der Waals surface area (Å²) in [4.78, 5) is 18.1. The number of nitrogens with one attached hydrogen (secondary N) is 1. The Balaban J connectivity index is 1.89. The zero-order chi connectivity index (χ0) is 18.4. The molecule has 25 heavy (non-hydrogen) atoms. The molecule has 6 nitrogen and oxygen atoms in total. The predicted molar refractivity (Wildman–Crippen MR) is 85.0 cm³/mol. The van der Waals surface area contributed by atoms with Gasteiger partial charge < -0.3 is 14.8 Å². The van der Waals surface area contributed by atoms with E-state index >= 15 is 0 Å². The van der Waals surface area contributed by atoms with Gasteiger partial charge in [-0.15, -0.1) is 0 Å². The van der Waals surface area contributed by atoms with Gasteiger partial charge in [0.25, 0.3) is 5.91 Å². The maximum Gasteiger partial charge on any atom is 0.422 e. The third-order valence-corrected chi connectivity index (χ3v) is 3.73. The fourth-order valence-corrected chi connectivity index (χ4v) is 2.55. The third kappa shape index (κ3) is 6.68. The van der Waals surface area contributed by atoms with Crippen molar-refractivity contribution in [2.24, 2.45) is 0 Å². The lowest BCUT2D eigenvalue weighted by molar-refractivity contribution is -0.154. The second kappa shape index (κ2) is 8.68. The molecule has 1 fully saturated rings. The predicted octanol–water partition coefficient (Wildman–Crippen LogP) is 2.13. The van der Waals surface area contributed by atoms with Crippen LogP contribution in [0.15, 0.2) is 12.3 Å². The molecule has 2 heterocycles. The second-order valence-electron chi connectivity index (χ2n) is 5.70. The monoisotopic (exact) mass is 381 g/mol. The molecule has 1 saturated heterocycles. The number of amides is 1. The van der Waals surface area contributed by atoms with E-state index in [9.17, 15) is 18.0 Å². The smallest absolute Gasteiger partial charge is 0.422 e. The van der Waals surface area contributed by atoms with Gasteiger partial charge in [0.2, 0.25) is 5.88 Å². The van der Waals surface area contributed by atoms with Gasteiger partial charge in [0.1, 0.15) is 5.02 Å². The van der Waals surface area contributed by atoms with E-state index in [-0.39, 0.29) is 22.5 Å². The van der Waals surface area contributed by atoms with Gasteiger partial charge in [0.05, 0.1) is 18.8 Å². The molecule has 1 aliphatic heterocycles. The fourth-order valence-electron chi connectivity index (χ4n) is 2.33. The summed E-state index contributed by atoms with van der Waals surface area (Å²) < 4.78 is 46.2. The SMILES string of the molecule is CC(CN1CCOCC1)NC(=O)c1cnc(OCC(F)(F)F)c(Cl)c1. The number of nitrogens with zero attached hydrogens (tertiary/aromatic N) is 2. The Bertz CT molecular complexity index is 595. The average molecular weight is 382 g/mol. The number of halogens is 4. The number of hydrogen-bond donors (Lipinski definition) is 1. The molecule has 140 valence electrons. The minimum atomic E-state index is -4.49. The topological polar surface area (TPSA) is 63.7 Å². The molecule has 0 saturated carbocycles. The van der Waals surface area contributed by atoms with Gasteiger partial charge in [-0.2, -0.15) is 13.2 Å². The summed E-state index contributed by atoms with van der Waals surface area (Å²) in [7, 11) is 0. The zero-order valence-electron chi connectivity index (χ0n) is 13.6. The molecule has 1 aromatic rings. The van der Waals surface area contributed by atoms with Gasteiger partial charge in [0.15, 0.2) is 6.61 Å². The summed E-state index contributed by atoms with van der Waals surface area (Å²) in [6.45, 7) is 3.98. The van der Waals surface area contributed by atoms with Crippen molar-refractivity contribution in [2.75, 3.05) is 39.5 Å². The summed E-state index contributed by atoms with van der Waals surface area (Å²) in [5.41, 5.74) is 0.151. The molecule has 0 radical (unpaired) electrons. The Morgan fingerprint density at radius 2 is 2.16 bits per heavy atom. The van der Waals surface area contributed by atoms with E-state index in [0.29, 0.717) is 19.8 Å². The summed E-state index contributed by atoms with van der Waals surface area (Å²) in [5, 5.41) is 2.65. The van der Waals surface area contributed by atoms with E-state index in [1.807, 2.05) is 6.92 Å². The molecule has 0 aliphatic carbocycles. The van der Waals surface area contributed by atoms with Crippen LogP contribution in [0, 0.1) is 0 Å². The Morgan fingerprint density at radius 3 is 2.76 bits per heavy atom. The van der Waals surface area contributed by atoms with Crippen LogP contribution < -0.4 is 10.1 Å². The van der Waals surface area contributed by atoms with E-state index in [2.05, 4.69) is 19.9 Å². The normalized spacial score (nSPS) is 17.2. The Labute approximate surface area is 148 Å². The highest BCUT2D eigenvalue weighted by Crippen LogP contribution is 2.25. The number of pyridine rings is 1. The van der Waals surface area contributed by atoms with Crippen LogP contribution in [0.3, 0.4) is 0 Å². The molecule has 1 N–H and O–H groups in total. The quantitative estimate of drug-likeness (QED) is 0.818. The van der Waals surface area contributed by atoms with Crippen LogP contribution in [0.2, 0.25) is 5.02 Å². The molecule has 0 spiro atoms. The van der Waals surface area contributed by atoms with Crippen LogP contribution in [-0.4, -0.2) is 67.5 Å². The maximum absolute atomic E-state index is 12.2. The molecular weight excluding hydrogens is 363 g/mol. The van der Waals surface area contributed by atoms with Crippen molar-refractivity contribution in [3.8, 4) is 5.88 Å². The number of morpholine rings is 1. The summed E-state index contributed by atoms with van der Waals surface area (Å²) in [6, 6.07) is 1.11. The van der Waals surface area contributed by atoms with Crippen LogP contribution in [0.1, 0.15) is 17.3 Å². The highest BCUT2D eigenvalue weighted by Gasteiger charge is 2.29. The van der Waals surface area contributed by atoms with Gasteiger partial charge >= 0.3 is 6.18 Å².